The fourth-order valence-corrected chi connectivity index (χ4v) is 1.29. The van der Waals surface area contributed by atoms with Crippen LogP contribution in [0.3, 0.4) is 0 Å². The number of carboxylic acids is 1. The zero-order valence-electron chi connectivity index (χ0n) is 8.86. The highest BCUT2D eigenvalue weighted by atomic mass is 32.2. The molecule has 0 radical (unpaired) electrons. The van der Waals surface area contributed by atoms with Crippen LogP contribution in [0.4, 0.5) is 4.79 Å². The number of nitrogens with one attached hydrogen (secondary N) is 1. The van der Waals surface area contributed by atoms with Crippen LogP contribution in [0.5, 0.6) is 0 Å². The Kier molecular flexibility index (Phi) is 6.68. The Morgan fingerprint density at radius 3 is 2.47 bits per heavy atom. The van der Waals surface area contributed by atoms with E-state index < -0.39 is 22.8 Å². The zero-order valence-corrected chi connectivity index (χ0v) is 9.67. The average molecular weight is 236 g/mol. The van der Waals surface area contributed by atoms with Gasteiger partial charge in [0.1, 0.15) is 6.54 Å². The van der Waals surface area contributed by atoms with Crippen LogP contribution in [-0.4, -0.2) is 57.9 Å². The Morgan fingerprint density at radius 1 is 1.47 bits per heavy atom. The van der Waals surface area contributed by atoms with E-state index in [4.69, 9.17) is 5.11 Å². The summed E-state index contributed by atoms with van der Waals surface area (Å²) in [4.78, 5) is 22.9. The Morgan fingerprint density at radius 2 is 2.07 bits per heavy atom. The number of urea groups is 1. The number of aliphatic carboxylic acids is 1. The lowest BCUT2D eigenvalue weighted by atomic mass is 10.5. The second kappa shape index (κ2) is 7.22. The van der Waals surface area contributed by atoms with Crippen molar-refractivity contribution in [2.24, 2.45) is 0 Å². The quantitative estimate of drug-likeness (QED) is 0.649. The van der Waals surface area contributed by atoms with Gasteiger partial charge in [-0.2, -0.15) is 0 Å². The van der Waals surface area contributed by atoms with Gasteiger partial charge in [0, 0.05) is 35.9 Å². The Labute approximate surface area is 91.1 Å². The molecule has 0 fully saturated rings. The molecule has 0 aromatic carbocycles. The monoisotopic (exact) mass is 236 g/mol. The molecule has 88 valence electrons. The molecule has 15 heavy (non-hydrogen) atoms. The van der Waals surface area contributed by atoms with Gasteiger partial charge in [0.2, 0.25) is 0 Å². The van der Waals surface area contributed by atoms with E-state index in [-0.39, 0.29) is 13.1 Å². The lowest BCUT2D eigenvalue weighted by Gasteiger charge is -2.18. The van der Waals surface area contributed by atoms with E-state index in [1.54, 1.807) is 13.2 Å². The molecule has 0 saturated carbocycles. The summed E-state index contributed by atoms with van der Waals surface area (Å²) in [7, 11) is -0.957. The second-order valence-electron chi connectivity index (χ2n) is 2.92. The molecule has 0 spiro atoms. The fraction of sp³-hybridized carbons (Fsp3) is 0.750. The van der Waals surface area contributed by atoms with E-state index in [2.05, 4.69) is 5.32 Å². The van der Waals surface area contributed by atoms with Crippen LogP contribution in [0.15, 0.2) is 0 Å². The smallest absolute Gasteiger partial charge is 0.323 e. The average Bonchev–Trinajstić information content (AvgIpc) is 2.13. The van der Waals surface area contributed by atoms with Crippen molar-refractivity contribution in [3.63, 3.8) is 0 Å². The zero-order chi connectivity index (χ0) is 11.8. The molecule has 0 rings (SSSR count). The van der Waals surface area contributed by atoms with Gasteiger partial charge in [0.25, 0.3) is 0 Å². The maximum Gasteiger partial charge on any atom is 0.323 e. The van der Waals surface area contributed by atoms with Crippen molar-refractivity contribution in [3.05, 3.63) is 0 Å². The van der Waals surface area contributed by atoms with Gasteiger partial charge >= 0.3 is 12.0 Å². The number of likely N-dealkylation sites (N-methyl/N-ethyl adjacent to an activating group) is 1. The maximum absolute atomic E-state index is 11.3. The molecule has 0 aromatic rings. The molecular formula is C8H16N2O4S. The Balaban J connectivity index is 3.93. The third-order valence-electron chi connectivity index (χ3n) is 1.66. The van der Waals surface area contributed by atoms with Crippen LogP contribution >= 0.6 is 0 Å². The van der Waals surface area contributed by atoms with Crippen LogP contribution in [0.2, 0.25) is 0 Å². The molecule has 1 atom stereocenters. The summed E-state index contributed by atoms with van der Waals surface area (Å²) in [6.07, 6.45) is 1.54. The first-order valence-electron chi connectivity index (χ1n) is 4.52. The van der Waals surface area contributed by atoms with Gasteiger partial charge in [-0.1, -0.05) is 0 Å². The van der Waals surface area contributed by atoms with Crippen LogP contribution < -0.4 is 5.32 Å². The highest BCUT2D eigenvalue weighted by Gasteiger charge is 2.13. The molecule has 0 aliphatic heterocycles. The Hall–Kier alpha value is -1.11. The SMILES string of the molecule is CCN(CC(=O)O)C(=O)NCCS(C)=O. The summed E-state index contributed by atoms with van der Waals surface area (Å²) in [6.45, 7) is 1.99. The molecule has 2 amide bonds. The van der Waals surface area contributed by atoms with Crippen LogP contribution in [-0.2, 0) is 15.6 Å². The molecule has 1 unspecified atom stereocenters. The Bertz CT molecular complexity index is 257. The summed E-state index contributed by atoms with van der Waals surface area (Å²) in [5, 5.41) is 11.0. The standard InChI is InChI=1S/C8H16N2O4S/c1-3-10(6-7(11)12)8(13)9-4-5-15(2)14/h3-6H2,1-2H3,(H,9,13)(H,11,12). The van der Waals surface area contributed by atoms with E-state index in [0.29, 0.717) is 12.3 Å². The first-order valence-corrected chi connectivity index (χ1v) is 6.24. The van der Waals surface area contributed by atoms with E-state index in [0.717, 1.165) is 0 Å². The first-order chi connectivity index (χ1) is 6.97. The van der Waals surface area contributed by atoms with Gasteiger partial charge in [-0.25, -0.2) is 4.79 Å². The molecule has 0 aromatic heterocycles. The molecule has 0 aliphatic carbocycles. The van der Waals surface area contributed by atoms with Gasteiger partial charge in [-0.05, 0) is 6.92 Å². The number of amides is 2. The van der Waals surface area contributed by atoms with Crippen molar-refractivity contribution in [1.29, 1.82) is 0 Å². The third kappa shape index (κ3) is 6.89. The number of carbonyl (C=O) groups excluding carboxylic acids is 1. The predicted octanol–water partition coefficient (Wildman–Crippen LogP) is -0.519. The van der Waals surface area contributed by atoms with Crippen molar-refractivity contribution in [1.82, 2.24) is 10.2 Å². The lowest BCUT2D eigenvalue weighted by Crippen LogP contribution is -2.43. The van der Waals surface area contributed by atoms with E-state index in [1.165, 1.54) is 4.90 Å². The summed E-state index contributed by atoms with van der Waals surface area (Å²) in [6, 6.07) is -0.439. The van der Waals surface area contributed by atoms with E-state index >= 15 is 0 Å². The summed E-state index contributed by atoms with van der Waals surface area (Å²) in [5.41, 5.74) is 0. The molecule has 0 bridgehead atoms. The number of nitrogens with zero attached hydrogens (tertiary/aromatic N) is 1. The van der Waals surface area contributed by atoms with Gasteiger partial charge in [0.15, 0.2) is 0 Å². The first kappa shape index (κ1) is 13.9. The van der Waals surface area contributed by atoms with Gasteiger partial charge in [0.05, 0.1) is 0 Å². The number of carbonyl (C=O) groups is 2. The summed E-state index contributed by atoms with van der Waals surface area (Å²) in [5.74, 6) is -0.679. The van der Waals surface area contributed by atoms with Gasteiger partial charge in [-0.3, -0.25) is 9.00 Å². The van der Waals surface area contributed by atoms with Crippen molar-refractivity contribution < 1.29 is 18.9 Å². The van der Waals surface area contributed by atoms with Gasteiger partial charge < -0.3 is 15.3 Å². The largest absolute Gasteiger partial charge is 0.480 e. The van der Waals surface area contributed by atoms with Crippen LogP contribution in [0.1, 0.15) is 6.92 Å². The summed E-state index contributed by atoms with van der Waals surface area (Å²) >= 11 is 0. The van der Waals surface area contributed by atoms with Crippen LogP contribution in [0, 0.1) is 0 Å². The molecule has 0 heterocycles. The number of hydrogen-bond acceptors (Lipinski definition) is 3. The minimum atomic E-state index is -1.05. The fourth-order valence-electron chi connectivity index (χ4n) is 0.904. The molecule has 0 aliphatic rings. The molecule has 2 N–H and O–H groups in total. The number of hydrogen-bond donors (Lipinski definition) is 2. The highest BCUT2D eigenvalue weighted by Crippen LogP contribution is 1.88. The van der Waals surface area contributed by atoms with Crippen molar-refractivity contribution in [3.8, 4) is 0 Å². The predicted molar refractivity (Wildman–Crippen MR) is 57.2 cm³/mol. The normalized spacial score (nSPS) is 11.9. The van der Waals surface area contributed by atoms with Crippen LogP contribution in [0.25, 0.3) is 0 Å². The number of rotatable bonds is 6. The molecular weight excluding hydrogens is 220 g/mol. The second-order valence-corrected chi connectivity index (χ2v) is 4.47. The third-order valence-corrected chi connectivity index (χ3v) is 2.44. The highest BCUT2D eigenvalue weighted by molar-refractivity contribution is 7.84. The minimum absolute atomic E-state index is 0.290. The maximum atomic E-state index is 11.3. The van der Waals surface area contributed by atoms with Crippen molar-refractivity contribution in [2.75, 3.05) is 31.6 Å². The van der Waals surface area contributed by atoms with E-state index in [9.17, 15) is 13.8 Å². The van der Waals surface area contributed by atoms with Gasteiger partial charge in [-0.15, -0.1) is 0 Å². The molecule has 0 saturated heterocycles. The summed E-state index contributed by atoms with van der Waals surface area (Å²) < 4.78 is 10.7. The minimum Gasteiger partial charge on any atom is -0.480 e. The number of carboxylic acid groups (broad SMARTS) is 1. The van der Waals surface area contributed by atoms with Crippen molar-refractivity contribution in [2.45, 2.75) is 6.92 Å². The molecule has 7 heteroatoms. The molecule has 6 nitrogen and oxygen atoms in total. The van der Waals surface area contributed by atoms with Crippen molar-refractivity contribution >= 4 is 22.8 Å². The van der Waals surface area contributed by atoms with E-state index in [1.807, 2.05) is 0 Å². The lowest BCUT2D eigenvalue weighted by molar-refractivity contribution is -0.137. The topological polar surface area (TPSA) is 86.7 Å².